The number of nitrogens with one attached hydrogen (secondary N) is 1. The van der Waals surface area contributed by atoms with Crippen molar-refractivity contribution in [2.24, 2.45) is 5.41 Å². The quantitative estimate of drug-likeness (QED) is 0.867. The molecule has 0 spiro atoms. The maximum absolute atomic E-state index is 3.48. The van der Waals surface area contributed by atoms with Crippen LogP contribution in [0.25, 0.3) is 0 Å². The van der Waals surface area contributed by atoms with Crippen molar-refractivity contribution in [2.45, 2.75) is 25.8 Å². The lowest BCUT2D eigenvalue weighted by Gasteiger charge is -2.44. The minimum Gasteiger partial charge on any atom is -0.319 e. The fourth-order valence-electron chi connectivity index (χ4n) is 2.97. The predicted octanol–water partition coefficient (Wildman–Crippen LogP) is 3.27. The molecule has 0 saturated heterocycles. The number of hydrogen-bond acceptors (Lipinski definition) is 2. The zero-order valence-corrected chi connectivity index (χ0v) is 13.0. The minimum atomic E-state index is 0.527. The van der Waals surface area contributed by atoms with Crippen LogP contribution >= 0.6 is 15.9 Å². The van der Waals surface area contributed by atoms with Crippen LogP contribution in [0.5, 0.6) is 0 Å². The molecule has 1 N–H and O–H groups in total. The van der Waals surface area contributed by atoms with Gasteiger partial charge in [0.25, 0.3) is 0 Å². The largest absolute Gasteiger partial charge is 0.319 e. The standard InChI is InChI=1S/C15H23BrN2/c1-17-11-15(8-3-9-15)12-18(2)10-13-4-6-14(16)7-5-13/h4-7,17H,3,8-12H2,1-2H3. The van der Waals surface area contributed by atoms with E-state index in [1.165, 1.54) is 31.4 Å². The summed E-state index contributed by atoms with van der Waals surface area (Å²) in [7, 11) is 4.30. The van der Waals surface area contributed by atoms with E-state index in [9.17, 15) is 0 Å². The lowest BCUT2D eigenvalue weighted by Crippen LogP contribution is -2.46. The van der Waals surface area contributed by atoms with Crippen LogP contribution in [0.15, 0.2) is 28.7 Å². The molecule has 2 nitrogen and oxygen atoms in total. The highest BCUT2D eigenvalue weighted by Gasteiger charge is 2.36. The van der Waals surface area contributed by atoms with E-state index in [4.69, 9.17) is 0 Å². The molecule has 0 aromatic heterocycles. The zero-order chi connectivity index (χ0) is 13.0. The Labute approximate surface area is 119 Å². The Morgan fingerprint density at radius 3 is 2.44 bits per heavy atom. The molecule has 0 radical (unpaired) electrons. The monoisotopic (exact) mass is 310 g/mol. The van der Waals surface area contributed by atoms with Crippen LogP contribution < -0.4 is 5.32 Å². The first-order valence-corrected chi connectivity index (χ1v) is 7.50. The van der Waals surface area contributed by atoms with E-state index in [0.29, 0.717) is 5.41 Å². The lowest BCUT2D eigenvalue weighted by molar-refractivity contribution is 0.0768. The average molecular weight is 311 g/mol. The fourth-order valence-corrected chi connectivity index (χ4v) is 3.24. The molecule has 0 heterocycles. The summed E-state index contributed by atoms with van der Waals surface area (Å²) in [6.45, 7) is 3.39. The molecule has 0 unspecified atom stereocenters. The van der Waals surface area contributed by atoms with Gasteiger partial charge < -0.3 is 10.2 Å². The Kier molecular flexibility index (Phi) is 4.82. The van der Waals surface area contributed by atoms with Gasteiger partial charge >= 0.3 is 0 Å². The Balaban J connectivity index is 1.88. The molecule has 1 aliphatic rings. The van der Waals surface area contributed by atoms with Crippen LogP contribution in [0.1, 0.15) is 24.8 Å². The van der Waals surface area contributed by atoms with Crippen LogP contribution in [0.2, 0.25) is 0 Å². The number of rotatable bonds is 6. The van der Waals surface area contributed by atoms with Crippen molar-refractivity contribution in [3.63, 3.8) is 0 Å². The summed E-state index contributed by atoms with van der Waals surface area (Å²) in [5.74, 6) is 0. The van der Waals surface area contributed by atoms with Gasteiger partial charge in [-0.05, 0) is 50.0 Å². The van der Waals surface area contributed by atoms with Crippen molar-refractivity contribution in [2.75, 3.05) is 27.2 Å². The van der Waals surface area contributed by atoms with E-state index in [-0.39, 0.29) is 0 Å². The van der Waals surface area contributed by atoms with E-state index in [1.807, 2.05) is 0 Å². The number of hydrogen-bond donors (Lipinski definition) is 1. The van der Waals surface area contributed by atoms with Crippen LogP contribution in [-0.2, 0) is 6.54 Å². The molecule has 0 amide bonds. The second-order valence-electron chi connectivity index (χ2n) is 5.68. The van der Waals surface area contributed by atoms with Crippen LogP contribution in [0.3, 0.4) is 0 Å². The Bertz CT molecular complexity index is 371. The first-order chi connectivity index (χ1) is 8.63. The highest BCUT2D eigenvalue weighted by molar-refractivity contribution is 9.10. The molecule has 18 heavy (non-hydrogen) atoms. The molecule has 0 bridgehead atoms. The van der Waals surface area contributed by atoms with Crippen molar-refractivity contribution < 1.29 is 0 Å². The van der Waals surface area contributed by atoms with Gasteiger partial charge in [-0.3, -0.25) is 0 Å². The van der Waals surface area contributed by atoms with Gasteiger partial charge in [0, 0.05) is 24.1 Å². The van der Waals surface area contributed by atoms with Gasteiger partial charge in [-0.25, -0.2) is 0 Å². The highest BCUT2D eigenvalue weighted by atomic mass is 79.9. The minimum absolute atomic E-state index is 0.527. The van der Waals surface area contributed by atoms with Crippen LogP contribution in [-0.4, -0.2) is 32.1 Å². The normalized spacial score (nSPS) is 17.8. The summed E-state index contributed by atoms with van der Waals surface area (Å²) in [6.07, 6.45) is 4.14. The van der Waals surface area contributed by atoms with Gasteiger partial charge in [0.1, 0.15) is 0 Å². The molecule has 1 aromatic carbocycles. The van der Waals surface area contributed by atoms with E-state index in [1.54, 1.807) is 0 Å². The van der Waals surface area contributed by atoms with Gasteiger partial charge in [0.05, 0.1) is 0 Å². The molecule has 0 aliphatic heterocycles. The third-order valence-corrected chi connectivity index (χ3v) is 4.47. The van der Waals surface area contributed by atoms with Gasteiger partial charge in [-0.2, -0.15) is 0 Å². The van der Waals surface area contributed by atoms with Gasteiger partial charge in [0.2, 0.25) is 0 Å². The fraction of sp³-hybridized carbons (Fsp3) is 0.600. The second-order valence-corrected chi connectivity index (χ2v) is 6.60. The van der Waals surface area contributed by atoms with E-state index in [0.717, 1.165) is 17.6 Å². The maximum atomic E-state index is 3.48. The summed E-state index contributed by atoms with van der Waals surface area (Å²) >= 11 is 3.48. The van der Waals surface area contributed by atoms with Crippen molar-refractivity contribution in [1.29, 1.82) is 0 Å². The summed E-state index contributed by atoms with van der Waals surface area (Å²) in [5, 5.41) is 3.35. The Morgan fingerprint density at radius 2 is 1.94 bits per heavy atom. The summed E-state index contributed by atoms with van der Waals surface area (Å²) in [5.41, 5.74) is 1.92. The SMILES string of the molecule is CNCC1(CN(C)Cc2ccc(Br)cc2)CCC1. The lowest BCUT2D eigenvalue weighted by atomic mass is 9.68. The molecular formula is C15H23BrN2. The summed E-state index contributed by atoms with van der Waals surface area (Å²) < 4.78 is 1.15. The topological polar surface area (TPSA) is 15.3 Å². The maximum Gasteiger partial charge on any atom is 0.0230 e. The molecule has 100 valence electrons. The third-order valence-electron chi connectivity index (χ3n) is 3.94. The second kappa shape index (κ2) is 6.18. The van der Waals surface area contributed by atoms with Crippen LogP contribution in [0.4, 0.5) is 0 Å². The first kappa shape index (κ1) is 14.0. The summed E-state index contributed by atoms with van der Waals surface area (Å²) in [4.78, 5) is 2.46. The van der Waals surface area contributed by atoms with Gasteiger partial charge in [0.15, 0.2) is 0 Å². The number of benzene rings is 1. The van der Waals surface area contributed by atoms with Gasteiger partial charge in [-0.15, -0.1) is 0 Å². The van der Waals surface area contributed by atoms with Gasteiger partial charge in [-0.1, -0.05) is 34.5 Å². The molecule has 1 aliphatic carbocycles. The average Bonchev–Trinajstić information content (AvgIpc) is 2.29. The van der Waals surface area contributed by atoms with E-state index >= 15 is 0 Å². The molecule has 0 atom stereocenters. The molecule has 1 fully saturated rings. The number of nitrogens with zero attached hydrogens (tertiary/aromatic N) is 1. The zero-order valence-electron chi connectivity index (χ0n) is 11.4. The number of halogens is 1. The third kappa shape index (κ3) is 3.56. The van der Waals surface area contributed by atoms with E-state index in [2.05, 4.69) is 64.5 Å². The molecular weight excluding hydrogens is 288 g/mol. The van der Waals surface area contributed by atoms with E-state index < -0.39 is 0 Å². The first-order valence-electron chi connectivity index (χ1n) is 6.71. The van der Waals surface area contributed by atoms with Crippen LogP contribution in [0, 0.1) is 5.41 Å². The predicted molar refractivity (Wildman–Crippen MR) is 80.7 cm³/mol. The Morgan fingerprint density at radius 1 is 1.28 bits per heavy atom. The van der Waals surface area contributed by atoms with Crippen molar-refractivity contribution in [3.8, 4) is 0 Å². The molecule has 1 saturated carbocycles. The highest BCUT2D eigenvalue weighted by Crippen LogP contribution is 2.40. The molecule has 3 heteroatoms. The summed E-state index contributed by atoms with van der Waals surface area (Å²) in [6, 6.07) is 8.64. The van der Waals surface area contributed by atoms with Crippen molar-refractivity contribution in [1.82, 2.24) is 10.2 Å². The Hall–Kier alpha value is -0.380. The molecule has 2 rings (SSSR count). The van der Waals surface area contributed by atoms with Crippen molar-refractivity contribution >= 4 is 15.9 Å². The molecule has 1 aromatic rings. The van der Waals surface area contributed by atoms with Crippen molar-refractivity contribution in [3.05, 3.63) is 34.3 Å². The smallest absolute Gasteiger partial charge is 0.0230 e.